The van der Waals surface area contributed by atoms with Gasteiger partial charge in [0.05, 0.1) is 30.6 Å². The van der Waals surface area contributed by atoms with Gasteiger partial charge in [0.15, 0.2) is 0 Å². The lowest BCUT2D eigenvalue weighted by Gasteiger charge is -2.37. The van der Waals surface area contributed by atoms with Crippen molar-refractivity contribution in [3.8, 4) is 0 Å². The van der Waals surface area contributed by atoms with Crippen molar-refractivity contribution in [3.05, 3.63) is 90.5 Å². The van der Waals surface area contributed by atoms with Gasteiger partial charge >= 0.3 is 5.97 Å². The number of benzene rings is 2. The zero-order valence-electron chi connectivity index (χ0n) is 27.0. The molecule has 10 nitrogen and oxygen atoms in total. The third-order valence-corrected chi connectivity index (χ3v) is 10.8. The van der Waals surface area contributed by atoms with Crippen LogP contribution in [0.25, 0.3) is 0 Å². The summed E-state index contributed by atoms with van der Waals surface area (Å²) in [4.78, 5) is 60.2. The van der Waals surface area contributed by atoms with Crippen LogP contribution in [0.5, 0.6) is 0 Å². The Hall–Kier alpha value is -3.51. The molecule has 0 aromatic heterocycles. The number of ether oxygens (including phenoxy) is 2. The number of anilines is 1. The summed E-state index contributed by atoms with van der Waals surface area (Å²) in [7, 11) is 1.67. The average Bonchev–Trinajstić information content (AvgIpc) is 3.68. The van der Waals surface area contributed by atoms with Crippen LogP contribution in [0.2, 0.25) is 5.02 Å². The number of hydrogen-bond donors (Lipinski definition) is 1. The van der Waals surface area contributed by atoms with Gasteiger partial charge in [-0.1, -0.05) is 70.0 Å². The number of likely N-dealkylation sites (tertiary alicyclic amines) is 1. The number of carbonyl (C=O) groups excluding carboxylic acids is 4. The lowest BCUT2D eigenvalue weighted by molar-refractivity contribution is -0.164. The Balaban J connectivity index is 1.50. The van der Waals surface area contributed by atoms with Crippen molar-refractivity contribution in [2.45, 2.75) is 60.9 Å². The second-order valence-corrected chi connectivity index (χ2v) is 14.1. The van der Waals surface area contributed by atoms with Gasteiger partial charge in [0.1, 0.15) is 17.7 Å². The standard InChI is InChI=1S/C36H41BrClN3O7/c1-5-7-13-27(43)39(4)22(3)30(23-11-9-8-10-12-23)47-35(46)28-29-33(44)41(19-20-42)32(36(29)21-26(37)31(28)48-36)34(45)40(18-6-2)25-16-14-24(38)15-17-25/h5-6,8-12,14-17,22,26,28-32,42H,1-2,7,13,18-21H2,3-4H3/t22-,26?,28-,29+,30+,31-,32-,36+/m0/s1. The van der Waals surface area contributed by atoms with Crippen molar-refractivity contribution in [2.75, 3.05) is 31.6 Å². The molecule has 2 bridgehead atoms. The number of β-amino-alcohol motifs (C(OH)–C–C–N with tert-alkyl or cyclic N) is 1. The predicted octanol–water partition coefficient (Wildman–Crippen LogP) is 4.70. The van der Waals surface area contributed by atoms with Crippen molar-refractivity contribution in [1.82, 2.24) is 9.80 Å². The molecule has 0 aliphatic carbocycles. The van der Waals surface area contributed by atoms with Crippen molar-refractivity contribution >= 4 is 56.9 Å². The van der Waals surface area contributed by atoms with Crippen LogP contribution in [-0.4, -0.2) is 94.0 Å². The first-order valence-electron chi connectivity index (χ1n) is 16.0. The van der Waals surface area contributed by atoms with Crippen LogP contribution in [0, 0.1) is 11.8 Å². The highest BCUT2D eigenvalue weighted by molar-refractivity contribution is 9.09. The van der Waals surface area contributed by atoms with E-state index in [2.05, 4.69) is 29.1 Å². The van der Waals surface area contributed by atoms with Gasteiger partial charge < -0.3 is 29.3 Å². The largest absolute Gasteiger partial charge is 0.455 e. The number of halogens is 2. The van der Waals surface area contributed by atoms with E-state index in [-0.39, 0.29) is 36.7 Å². The zero-order chi connectivity index (χ0) is 34.7. The molecule has 12 heteroatoms. The molecule has 5 rings (SSSR count). The second-order valence-electron chi connectivity index (χ2n) is 12.5. The summed E-state index contributed by atoms with van der Waals surface area (Å²) in [5.41, 5.74) is -0.124. The number of likely N-dealkylation sites (N-methyl/N-ethyl adjacent to an activating group) is 1. The number of carbonyl (C=O) groups is 4. The highest BCUT2D eigenvalue weighted by Gasteiger charge is 2.77. The van der Waals surface area contributed by atoms with Gasteiger partial charge in [-0.25, -0.2) is 0 Å². The summed E-state index contributed by atoms with van der Waals surface area (Å²) >= 11 is 9.81. The number of nitrogens with zero attached hydrogens (tertiary/aromatic N) is 3. The van der Waals surface area contributed by atoms with E-state index in [0.717, 1.165) is 0 Å². The van der Waals surface area contributed by atoms with Gasteiger partial charge in [-0.2, -0.15) is 0 Å². The summed E-state index contributed by atoms with van der Waals surface area (Å²) in [6, 6.07) is 14.2. The smallest absolute Gasteiger partial charge is 0.313 e. The van der Waals surface area contributed by atoms with Crippen LogP contribution in [0.15, 0.2) is 79.9 Å². The summed E-state index contributed by atoms with van der Waals surface area (Å²) < 4.78 is 12.9. The Kier molecular flexibility index (Phi) is 11.1. The maximum Gasteiger partial charge on any atom is 0.313 e. The molecule has 1 N–H and O–H groups in total. The van der Waals surface area contributed by atoms with Gasteiger partial charge in [0, 0.05) is 42.1 Å². The third-order valence-electron chi connectivity index (χ3n) is 9.73. The van der Waals surface area contributed by atoms with E-state index >= 15 is 0 Å². The molecule has 3 aliphatic heterocycles. The molecule has 1 unspecified atom stereocenters. The summed E-state index contributed by atoms with van der Waals surface area (Å²) in [5.74, 6) is -3.74. The summed E-state index contributed by atoms with van der Waals surface area (Å²) in [6.07, 6.45) is 2.72. The average molecular weight is 743 g/mol. The van der Waals surface area contributed by atoms with E-state index in [1.54, 1.807) is 48.4 Å². The number of allylic oxidation sites excluding steroid dienone is 1. The molecule has 256 valence electrons. The van der Waals surface area contributed by atoms with E-state index in [1.165, 1.54) is 9.80 Å². The Labute approximate surface area is 294 Å². The van der Waals surface area contributed by atoms with Gasteiger partial charge in [0.2, 0.25) is 11.8 Å². The summed E-state index contributed by atoms with van der Waals surface area (Å²) in [5, 5.41) is 10.5. The summed E-state index contributed by atoms with van der Waals surface area (Å²) in [6.45, 7) is 8.95. The van der Waals surface area contributed by atoms with Gasteiger partial charge in [-0.15, -0.1) is 13.2 Å². The molecule has 2 aromatic rings. The van der Waals surface area contributed by atoms with E-state index in [4.69, 9.17) is 21.1 Å². The number of alkyl halides is 1. The third kappa shape index (κ3) is 6.45. The van der Waals surface area contributed by atoms with Crippen LogP contribution in [-0.2, 0) is 28.7 Å². The molecular formula is C36H41BrClN3O7. The van der Waals surface area contributed by atoms with Crippen LogP contribution in [0.3, 0.4) is 0 Å². The lowest BCUT2D eigenvalue weighted by Crippen LogP contribution is -2.57. The molecule has 8 atom stereocenters. The highest BCUT2D eigenvalue weighted by atomic mass is 79.9. The number of amides is 3. The Morgan fingerprint density at radius 3 is 2.48 bits per heavy atom. The number of rotatable bonds is 14. The topological polar surface area (TPSA) is 117 Å². The molecule has 3 fully saturated rings. The lowest BCUT2D eigenvalue weighted by atomic mass is 9.70. The fourth-order valence-electron chi connectivity index (χ4n) is 7.37. The van der Waals surface area contributed by atoms with E-state index < -0.39 is 66.1 Å². The number of hydrogen-bond acceptors (Lipinski definition) is 7. The molecular weight excluding hydrogens is 702 g/mol. The SMILES string of the molecule is C=CCCC(=O)N(C)[C@@H](C)[C@@H](OC(=O)[C@@H]1[C@H]2O[C@@]3(CC2Br)[C@H](C(=O)N(CC=C)c2ccc(Cl)cc2)N(CCO)C(=O)[C@@H]13)c1ccccc1. The van der Waals surface area contributed by atoms with Gasteiger partial charge in [-0.05, 0) is 49.6 Å². The minimum atomic E-state index is -1.36. The molecule has 3 heterocycles. The molecule has 48 heavy (non-hydrogen) atoms. The second kappa shape index (κ2) is 14.9. The quantitative estimate of drug-likeness (QED) is 0.170. The van der Waals surface area contributed by atoms with E-state index in [9.17, 15) is 24.3 Å². The molecule has 3 amide bonds. The molecule has 1 spiro atoms. The van der Waals surface area contributed by atoms with Crippen LogP contribution in [0.4, 0.5) is 5.69 Å². The predicted molar refractivity (Wildman–Crippen MR) is 185 cm³/mol. The van der Waals surface area contributed by atoms with Gasteiger partial charge in [-0.3, -0.25) is 19.2 Å². The first-order valence-corrected chi connectivity index (χ1v) is 17.3. The molecule has 3 aliphatic rings. The number of aliphatic hydroxyl groups excluding tert-OH is 1. The van der Waals surface area contributed by atoms with Crippen LogP contribution < -0.4 is 4.90 Å². The van der Waals surface area contributed by atoms with Crippen molar-refractivity contribution in [1.29, 1.82) is 0 Å². The molecule has 2 aromatic carbocycles. The molecule has 3 saturated heterocycles. The van der Waals surface area contributed by atoms with Crippen LogP contribution >= 0.6 is 27.5 Å². The first-order chi connectivity index (χ1) is 23.0. The fraction of sp³-hybridized carbons (Fsp3) is 0.444. The first kappa shape index (κ1) is 35.8. The maximum absolute atomic E-state index is 14.5. The Morgan fingerprint density at radius 1 is 1.17 bits per heavy atom. The normalized spacial score (nSPS) is 26.8. The number of fused-ring (bicyclic) bond motifs is 1. The van der Waals surface area contributed by atoms with Crippen LogP contribution in [0.1, 0.15) is 37.9 Å². The van der Waals surface area contributed by atoms with E-state index in [0.29, 0.717) is 22.7 Å². The number of aliphatic hydroxyl groups is 1. The van der Waals surface area contributed by atoms with Crippen molar-refractivity contribution < 1.29 is 33.8 Å². The van der Waals surface area contributed by atoms with Crippen molar-refractivity contribution in [2.24, 2.45) is 11.8 Å². The van der Waals surface area contributed by atoms with Gasteiger partial charge in [0.25, 0.3) is 5.91 Å². The highest BCUT2D eigenvalue weighted by Crippen LogP contribution is 2.60. The maximum atomic E-state index is 14.5. The number of esters is 1. The minimum Gasteiger partial charge on any atom is -0.455 e. The van der Waals surface area contributed by atoms with Crippen molar-refractivity contribution in [3.63, 3.8) is 0 Å². The molecule has 0 radical (unpaired) electrons. The monoisotopic (exact) mass is 741 g/mol. The Bertz CT molecular complexity index is 1540. The minimum absolute atomic E-state index is 0.125. The zero-order valence-corrected chi connectivity index (χ0v) is 29.4. The van der Waals surface area contributed by atoms with E-state index in [1.807, 2.05) is 37.3 Å². The Morgan fingerprint density at radius 2 is 1.85 bits per heavy atom. The molecule has 0 saturated carbocycles. The fourth-order valence-corrected chi connectivity index (χ4v) is 8.44.